The first-order valence-electron chi connectivity index (χ1n) is 7.74. The van der Waals surface area contributed by atoms with Gasteiger partial charge in [-0.1, -0.05) is 23.2 Å². The molecule has 0 unspecified atom stereocenters. The highest BCUT2D eigenvalue weighted by Crippen LogP contribution is 2.34. The quantitative estimate of drug-likeness (QED) is 0.880. The number of hydrogen-bond acceptors (Lipinski definition) is 5. The SMILES string of the molecule is COc1c(Cl)cc(Cl)cc1CN1C[C@@H](Cc2cnccn2)[C@H](O)C1. The van der Waals surface area contributed by atoms with E-state index >= 15 is 0 Å². The molecule has 1 aliphatic rings. The normalized spacial score (nSPS) is 21.2. The average Bonchev–Trinajstić information content (AvgIpc) is 2.87. The van der Waals surface area contributed by atoms with Crippen LogP contribution in [0.4, 0.5) is 0 Å². The number of benzene rings is 1. The largest absolute Gasteiger partial charge is 0.495 e. The van der Waals surface area contributed by atoms with E-state index in [0.29, 0.717) is 35.3 Å². The number of likely N-dealkylation sites (tertiary alicyclic amines) is 1. The molecule has 3 rings (SSSR count). The molecule has 2 atom stereocenters. The van der Waals surface area contributed by atoms with Crippen LogP contribution in [0.3, 0.4) is 0 Å². The molecule has 0 saturated carbocycles. The van der Waals surface area contributed by atoms with E-state index in [-0.39, 0.29) is 5.92 Å². The van der Waals surface area contributed by atoms with E-state index in [9.17, 15) is 5.11 Å². The molecule has 2 heterocycles. The van der Waals surface area contributed by atoms with Crippen molar-refractivity contribution in [2.45, 2.75) is 19.1 Å². The maximum absolute atomic E-state index is 10.4. The van der Waals surface area contributed by atoms with Gasteiger partial charge in [0.1, 0.15) is 5.75 Å². The second-order valence-corrected chi connectivity index (χ2v) is 6.85. The lowest BCUT2D eigenvalue weighted by Crippen LogP contribution is -2.21. The number of rotatable bonds is 5. The highest BCUT2D eigenvalue weighted by Gasteiger charge is 2.32. The monoisotopic (exact) mass is 367 g/mol. The third-order valence-electron chi connectivity index (χ3n) is 4.25. The summed E-state index contributed by atoms with van der Waals surface area (Å²) in [4.78, 5) is 10.5. The first kappa shape index (κ1) is 17.4. The molecule has 1 aromatic carbocycles. The van der Waals surface area contributed by atoms with Crippen LogP contribution in [0.5, 0.6) is 5.75 Å². The Bertz CT molecular complexity index is 700. The third kappa shape index (κ3) is 3.98. The summed E-state index contributed by atoms with van der Waals surface area (Å²) in [6.45, 7) is 1.99. The summed E-state index contributed by atoms with van der Waals surface area (Å²) >= 11 is 12.3. The Hall–Kier alpha value is -1.40. The number of nitrogens with zero attached hydrogens (tertiary/aromatic N) is 3. The summed E-state index contributed by atoms with van der Waals surface area (Å²) in [5, 5.41) is 11.4. The highest BCUT2D eigenvalue weighted by molar-refractivity contribution is 6.35. The van der Waals surface area contributed by atoms with Gasteiger partial charge in [0, 0.05) is 54.7 Å². The predicted octanol–water partition coefficient (Wildman–Crippen LogP) is 2.83. The Kier molecular flexibility index (Phi) is 5.56. The molecule has 1 aliphatic heterocycles. The lowest BCUT2D eigenvalue weighted by Gasteiger charge is -2.18. The van der Waals surface area contributed by atoms with Crippen molar-refractivity contribution < 1.29 is 9.84 Å². The molecule has 0 aliphatic carbocycles. The molecular weight excluding hydrogens is 349 g/mol. The Balaban J connectivity index is 1.69. The van der Waals surface area contributed by atoms with Crippen molar-refractivity contribution in [3.63, 3.8) is 0 Å². The summed E-state index contributed by atoms with van der Waals surface area (Å²) < 4.78 is 5.39. The van der Waals surface area contributed by atoms with Gasteiger partial charge in [0.05, 0.1) is 23.9 Å². The van der Waals surface area contributed by atoms with Gasteiger partial charge >= 0.3 is 0 Å². The number of ether oxygens (including phenoxy) is 1. The van der Waals surface area contributed by atoms with Crippen molar-refractivity contribution in [3.05, 3.63) is 52.0 Å². The summed E-state index contributed by atoms with van der Waals surface area (Å²) in [5.74, 6) is 0.760. The Morgan fingerprint density at radius 1 is 1.29 bits per heavy atom. The Morgan fingerprint density at radius 3 is 2.83 bits per heavy atom. The lowest BCUT2D eigenvalue weighted by molar-refractivity contribution is 0.140. The molecule has 1 fully saturated rings. The standard InChI is InChI=1S/C17H19Cl2N3O2/c1-24-17-12(4-13(18)6-15(17)19)9-22-8-11(16(23)10-22)5-14-7-20-2-3-21-14/h2-4,6-7,11,16,23H,5,8-10H2,1H3/t11-,16-/m1/s1. The Morgan fingerprint density at radius 2 is 2.12 bits per heavy atom. The Labute approximate surface area is 151 Å². The lowest BCUT2D eigenvalue weighted by atomic mass is 10.0. The zero-order valence-electron chi connectivity index (χ0n) is 13.3. The van der Waals surface area contributed by atoms with Crippen LogP contribution < -0.4 is 4.74 Å². The van der Waals surface area contributed by atoms with E-state index in [0.717, 1.165) is 17.8 Å². The molecule has 7 heteroatoms. The van der Waals surface area contributed by atoms with Crippen molar-refractivity contribution in [2.75, 3.05) is 20.2 Å². The van der Waals surface area contributed by atoms with Crippen molar-refractivity contribution >= 4 is 23.2 Å². The van der Waals surface area contributed by atoms with Gasteiger partial charge in [-0.3, -0.25) is 14.9 Å². The first-order chi connectivity index (χ1) is 11.6. The molecule has 0 spiro atoms. The molecule has 1 saturated heterocycles. The smallest absolute Gasteiger partial charge is 0.142 e. The zero-order chi connectivity index (χ0) is 17.1. The molecule has 24 heavy (non-hydrogen) atoms. The second-order valence-electron chi connectivity index (χ2n) is 6.00. The molecule has 2 aromatic rings. The number of aliphatic hydroxyl groups excluding tert-OH is 1. The van der Waals surface area contributed by atoms with Crippen LogP contribution in [0, 0.1) is 5.92 Å². The molecule has 0 amide bonds. The second kappa shape index (κ2) is 7.66. The fourth-order valence-corrected chi connectivity index (χ4v) is 3.79. The van der Waals surface area contributed by atoms with Crippen LogP contribution in [0.1, 0.15) is 11.3 Å². The van der Waals surface area contributed by atoms with Crippen molar-refractivity contribution in [3.8, 4) is 5.75 Å². The average molecular weight is 368 g/mol. The van der Waals surface area contributed by atoms with Crippen LogP contribution in [-0.4, -0.2) is 46.3 Å². The fraction of sp³-hybridized carbons (Fsp3) is 0.412. The highest BCUT2D eigenvalue weighted by atomic mass is 35.5. The third-order valence-corrected chi connectivity index (χ3v) is 4.75. The van der Waals surface area contributed by atoms with E-state index in [1.165, 1.54) is 0 Å². The van der Waals surface area contributed by atoms with Gasteiger partial charge < -0.3 is 9.84 Å². The number of methoxy groups -OCH3 is 1. The molecular formula is C17H19Cl2N3O2. The number of hydrogen-bond donors (Lipinski definition) is 1. The van der Waals surface area contributed by atoms with Crippen LogP contribution in [0.25, 0.3) is 0 Å². The molecule has 0 bridgehead atoms. The summed E-state index contributed by atoms with van der Waals surface area (Å²) in [6, 6.07) is 3.52. The molecule has 1 N–H and O–H groups in total. The molecule has 0 radical (unpaired) electrons. The van der Waals surface area contributed by atoms with Gasteiger partial charge in [0.15, 0.2) is 0 Å². The van der Waals surface area contributed by atoms with Crippen LogP contribution in [0.2, 0.25) is 10.0 Å². The minimum atomic E-state index is -0.396. The van der Waals surface area contributed by atoms with Crippen LogP contribution in [0.15, 0.2) is 30.7 Å². The van der Waals surface area contributed by atoms with Crippen molar-refractivity contribution in [2.24, 2.45) is 5.92 Å². The summed E-state index contributed by atoms with van der Waals surface area (Å²) in [7, 11) is 1.59. The van der Waals surface area contributed by atoms with Crippen molar-refractivity contribution in [1.82, 2.24) is 14.9 Å². The van der Waals surface area contributed by atoms with Gasteiger partial charge in [0.25, 0.3) is 0 Å². The van der Waals surface area contributed by atoms with E-state index in [2.05, 4.69) is 14.9 Å². The maximum Gasteiger partial charge on any atom is 0.142 e. The van der Waals surface area contributed by atoms with Crippen molar-refractivity contribution in [1.29, 1.82) is 0 Å². The van der Waals surface area contributed by atoms with E-state index in [1.807, 2.05) is 6.07 Å². The number of aromatic nitrogens is 2. The van der Waals surface area contributed by atoms with Gasteiger partial charge in [-0.15, -0.1) is 0 Å². The van der Waals surface area contributed by atoms with Crippen LogP contribution in [-0.2, 0) is 13.0 Å². The van der Waals surface area contributed by atoms with E-state index < -0.39 is 6.10 Å². The molecule has 5 nitrogen and oxygen atoms in total. The number of β-amino-alcohol motifs (C(OH)–C–C–N with tert-alkyl or cyclic N) is 1. The number of halogens is 2. The van der Waals surface area contributed by atoms with Gasteiger partial charge in [-0.25, -0.2) is 0 Å². The van der Waals surface area contributed by atoms with E-state index in [4.69, 9.17) is 27.9 Å². The maximum atomic E-state index is 10.4. The molecule has 1 aromatic heterocycles. The van der Waals surface area contributed by atoms with Gasteiger partial charge in [-0.05, 0) is 18.6 Å². The minimum absolute atomic E-state index is 0.127. The number of aliphatic hydroxyl groups is 1. The van der Waals surface area contributed by atoms with Crippen LogP contribution >= 0.6 is 23.2 Å². The minimum Gasteiger partial charge on any atom is -0.495 e. The predicted molar refractivity (Wildman–Crippen MR) is 93.5 cm³/mol. The first-order valence-corrected chi connectivity index (χ1v) is 8.49. The fourth-order valence-electron chi connectivity index (χ4n) is 3.18. The molecule has 128 valence electrons. The van der Waals surface area contributed by atoms with E-state index in [1.54, 1.807) is 31.8 Å². The summed E-state index contributed by atoms with van der Waals surface area (Å²) in [6.07, 6.45) is 5.38. The van der Waals surface area contributed by atoms with Gasteiger partial charge in [-0.2, -0.15) is 0 Å². The topological polar surface area (TPSA) is 58.5 Å². The van der Waals surface area contributed by atoms with Gasteiger partial charge in [0.2, 0.25) is 0 Å². The summed E-state index contributed by atoms with van der Waals surface area (Å²) in [5.41, 5.74) is 1.81. The zero-order valence-corrected chi connectivity index (χ0v) is 14.8.